The van der Waals surface area contributed by atoms with Crippen LogP contribution in [0.4, 0.5) is 5.69 Å². The van der Waals surface area contributed by atoms with E-state index in [1.54, 1.807) is 0 Å². The Labute approximate surface area is 184 Å². The summed E-state index contributed by atoms with van der Waals surface area (Å²) in [5.74, 6) is -1.36. The number of hydrogen-bond donors (Lipinski definition) is 0. The maximum Gasteiger partial charge on any atom is 0.238 e. The maximum absolute atomic E-state index is 13.7. The lowest BCUT2D eigenvalue weighted by Crippen LogP contribution is -2.31. The van der Waals surface area contributed by atoms with Gasteiger partial charge < -0.3 is 0 Å². The van der Waals surface area contributed by atoms with Gasteiger partial charge in [0.05, 0.1) is 17.5 Å². The van der Waals surface area contributed by atoms with Crippen LogP contribution < -0.4 is 4.90 Å². The highest BCUT2D eigenvalue weighted by atomic mass is 79.9. The van der Waals surface area contributed by atoms with E-state index in [9.17, 15) is 9.59 Å². The van der Waals surface area contributed by atoms with Crippen LogP contribution in [0, 0.1) is 11.8 Å². The van der Waals surface area contributed by atoms with Crippen LogP contribution in [0.25, 0.3) is 0 Å². The second-order valence-electron chi connectivity index (χ2n) is 7.77. The van der Waals surface area contributed by atoms with Gasteiger partial charge in [-0.25, -0.2) is 4.90 Å². The summed E-state index contributed by atoms with van der Waals surface area (Å²) in [6.45, 7) is 0. The van der Waals surface area contributed by atoms with E-state index in [0.717, 1.165) is 15.6 Å². The van der Waals surface area contributed by atoms with E-state index in [-0.39, 0.29) is 23.7 Å². The highest BCUT2D eigenvalue weighted by Gasteiger charge is 2.55. The fourth-order valence-corrected chi connectivity index (χ4v) is 5.27. The molecular weight excluding hydrogens is 438 g/mol. The first kappa shape index (κ1) is 19.0. The summed E-state index contributed by atoms with van der Waals surface area (Å²) in [7, 11) is 0. The summed E-state index contributed by atoms with van der Waals surface area (Å²) in [5, 5.41) is 0. The van der Waals surface area contributed by atoms with Gasteiger partial charge in [-0.2, -0.15) is 0 Å². The minimum Gasteiger partial charge on any atom is -0.274 e. The smallest absolute Gasteiger partial charge is 0.238 e. The summed E-state index contributed by atoms with van der Waals surface area (Å²) in [5.41, 5.74) is 2.73. The zero-order valence-electron chi connectivity index (χ0n) is 16.2. The summed E-state index contributed by atoms with van der Waals surface area (Å²) in [4.78, 5) is 28.8. The highest BCUT2D eigenvalue weighted by Crippen LogP contribution is 2.50. The van der Waals surface area contributed by atoms with Crippen molar-refractivity contribution in [2.24, 2.45) is 11.8 Å². The van der Waals surface area contributed by atoms with Crippen LogP contribution in [0.3, 0.4) is 0 Å². The van der Waals surface area contributed by atoms with E-state index in [4.69, 9.17) is 0 Å². The van der Waals surface area contributed by atoms with Crippen LogP contribution in [0.2, 0.25) is 0 Å². The number of halogens is 1. The van der Waals surface area contributed by atoms with Crippen LogP contribution in [-0.2, 0) is 9.59 Å². The van der Waals surface area contributed by atoms with E-state index >= 15 is 0 Å². The van der Waals surface area contributed by atoms with Crippen molar-refractivity contribution >= 4 is 33.4 Å². The molecule has 1 aliphatic heterocycles. The average Bonchev–Trinajstić information content (AvgIpc) is 3.06. The fourth-order valence-electron chi connectivity index (χ4n) is 4.80. The van der Waals surface area contributed by atoms with Crippen molar-refractivity contribution in [1.29, 1.82) is 0 Å². The Kier molecular flexibility index (Phi) is 4.87. The van der Waals surface area contributed by atoms with E-state index in [0.29, 0.717) is 5.69 Å². The molecule has 3 aromatic carbocycles. The molecular formula is C26H20BrNO2. The molecule has 0 spiro atoms. The molecule has 30 heavy (non-hydrogen) atoms. The SMILES string of the molecule is O=C1C2C(c3ccccc3)C=CC(c3ccccc3)C2C(=O)N1c1ccccc1Br. The van der Waals surface area contributed by atoms with Gasteiger partial charge in [0.15, 0.2) is 0 Å². The first-order chi connectivity index (χ1) is 14.7. The average molecular weight is 458 g/mol. The lowest BCUT2D eigenvalue weighted by Gasteiger charge is -2.32. The second-order valence-corrected chi connectivity index (χ2v) is 8.63. The Bertz CT molecular complexity index is 1060. The van der Waals surface area contributed by atoms with E-state index in [1.807, 2.05) is 84.9 Å². The Morgan fingerprint density at radius 2 is 1.03 bits per heavy atom. The number of para-hydroxylation sites is 1. The molecule has 0 saturated carbocycles. The van der Waals surface area contributed by atoms with Crippen molar-refractivity contribution in [3.63, 3.8) is 0 Å². The van der Waals surface area contributed by atoms with Crippen molar-refractivity contribution < 1.29 is 9.59 Å². The van der Waals surface area contributed by atoms with Gasteiger partial charge in [0.1, 0.15) is 0 Å². The normalized spacial score (nSPS) is 25.4. The summed E-state index contributed by atoms with van der Waals surface area (Å²) in [6, 6.07) is 27.4. The van der Waals surface area contributed by atoms with E-state index < -0.39 is 11.8 Å². The van der Waals surface area contributed by atoms with Crippen molar-refractivity contribution in [3.05, 3.63) is 113 Å². The standard InChI is InChI=1S/C26H20BrNO2/c27-21-13-7-8-14-22(21)28-25(29)23-19(17-9-3-1-4-10-17)15-16-20(24(23)26(28)30)18-11-5-2-6-12-18/h1-16,19-20,23-24H. The third-order valence-electron chi connectivity index (χ3n) is 6.16. The molecule has 0 radical (unpaired) electrons. The maximum atomic E-state index is 13.7. The molecule has 4 heteroatoms. The summed E-state index contributed by atoms with van der Waals surface area (Å²) >= 11 is 3.52. The number of hydrogen-bond acceptors (Lipinski definition) is 2. The largest absolute Gasteiger partial charge is 0.274 e. The first-order valence-corrected chi connectivity index (χ1v) is 10.9. The molecule has 3 aromatic rings. The molecule has 4 unspecified atom stereocenters. The van der Waals surface area contributed by atoms with Gasteiger partial charge >= 0.3 is 0 Å². The van der Waals surface area contributed by atoms with Gasteiger partial charge in [-0.3, -0.25) is 9.59 Å². The van der Waals surface area contributed by atoms with Gasteiger partial charge in [0.25, 0.3) is 0 Å². The molecule has 3 nitrogen and oxygen atoms in total. The highest BCUT2D eigenvalue weighted by molar-refractivity contribution is 9.10. The van der Waals surface area contributed by atoms with Gasteiger partial charge in [-0.1, -0.05) is 84.9 Å². The number of fused-ring (bicyclic) bond motifs is 1. The Balaban J connectivity index is 1.65. The molecule has 0 bridgehead atoms. The van der Waals surface area contributed by atoms with Gasteiger partial charge in [-0.15, -0.1) is 0 Å². The number of anilines is 1. The molecule has 5 rings (SSSR count). The quantitative estimate of drug-likeness (QED) is 0.374. The third kappa shape index (κ3) is 3.03. The molecule has 1 heterocycles. The predicted octanol–water partition coefficient (Wildman–Crippen LogP) is 5.69. The molecule has 1 saturated heterocycles. The second kappa shape index (κ2) is 7.69. The number of benzene rings is 3. The minimum atomic E-state index is -0.429. The van der Waals surface area contributed by atoms with Gasteiger partial charge in [0.2, 0.25) is 11.8 Å². The lowest BCUT2D eigenvalue weighted by molar-refractivity contribution is -0.122. The zero-order chi connectivity index (χ0) is 20.7. The summed E-state index contributed by atoms with van der Waals surface area (Å²) < 4.78 is 0.742. The first-order valence-electron chi connectivity index (χ1n) is 10.1. The number of amides is 2. The Morgan fingerprint density at radius 1 is 0.600 bits per heavy atom. The molecule has 1 fully saturated rings. The molecule has 4 atom stereocenters. The topological polar surface area (TPSA) is 37.4 Å². The van der Waals surface area contributed by atoms with Crippen LogP contribution >= 0.6 is 15.9 Å². The summed E-state index contributed by atoms with van der Waals surface area (Å²) in [6.07, 6.45) is 4.23. The molecule has 148 valence electrons. The van der Waals surface area contributed by atoms with Crippen molar-refractivity contribution in [1.82, 2.24) is 0 Å². The fraction of sp³-hybridized carbons (Fsp3) is 0.154. The number of carbonyl (C=O) groups excluding carboxylic acids is 2. The molecule has 1 aliphatic carbocycles. The molecule has 0 aromatic heterocycles. The number of imide groups is 1. The Morgan fingerprint density at radius 3 is 1.50 bits per heavy atom. The van der Waals surface area contributed by atoms with Crippen molar-refractivity contribution in [3.8, 4) is 0 Å². The lowest BCUT2D eigenvalue weighted by atomic mass is 9.68. The number of rotatable bonds is 3. The molecule has 0 N–H and O–H groups in total. The van der Waals surface area contributed by atoms with E-state index in [1.165, 1.54) is 4.90 Å². The van der Waals surface area contributed by atoms with Crippen LogP contribution in [-0.4, -0.2) is 11.8 Å². The van der Waals surface area contributed by atoms with Gasteiger partial charge in [-0.05, 0) is 39.2 Å². The van der Waals surface area contributed by atoms with Crippen LogP contribution in [0.15, 0.2) is 102 Å². The third-order valence-corrected chi connectivity index (χ3v) is 6.83. The molecule has 2 aliphatic rings. The monoisotopic (exact) mass is 457 g/mol. The van der Waals surface area contributed by atoms with Crippen LogP contribution in [0.5, 0.6) is 0 Å². The number of nitrogens with zero attached hydrogens (tertiary/aromatic N) is 1. The minimum absolute atomic E-state index is 0.125. The van der Waals surface area contributed by atoms with Crippen molar-refractivity contribution in [2.45, 2.75) is 11.8 Å². The Hall–Kier alpha value is -2.98. The van der Waals surface area contributed by atoms with Gasteiger partial charge in [0, 0.05) is 16.3 Å². The number of allylic oxidation sites excluding steroid dienone is 2. The predicted molar refractivity (Wildman–Crippen MR) is 121 cm³/mol. The van der Waals surface area contributed by atoms with Crippen LogP contribution in [0.1, 0.15) is 23.0 Å². The molecule has 2 amide bonds. The van der Waals surface area contributed by atoms with Crippen molar-refractivity contribution in [2.75, 3.05) is 4.90 Å². The van der Waals surface area contributed by atoms with E-state index in [2.05, 4.69) is 28.1 Å². The zero-order valence-corrected chi connectivity index (χ0v) is 17.8. The number of carbonyl (C=O) groups is 2.